The molecule has 1 aliphatic rings. The molecule has 0 spiro atoms. The summed E-state index contributed by atoms with van der Waals surface area (Å²) in [5.41, 5.74) is 8.10. The van der Waals surface area contributed by atoms with Gasteiger partial charge in [0.1, 0.15) is 5.82 Å². The number of imidazole rings is 1. The van der Waals surface area contributed by atoms with E-state index >= 15 is 0 Å². The molecule has 0 bridgehead atoms. The minimum Gasteiger partial charge on any atom is -0.330 e. The molecular weight excluding hydrogens is 278 g/mol. The first-order valence-electron chi connectivity index (χ1n) is 6.08. The molecule has 2 N–H and O–H groups in total. The lowest BCUT2D eigenvalue weighted by Gasteiger charge is -2.12. The zero-order valence-electron chi connectivity index (χ0n) is 9.86. The zero-order chi connectivity index (χ0) is 12.0. The second-order valence-corrected chi connectivity index (χ2v) is 5.76. The van der Waals surface area contributed by atoms with Crippen LogP contribution in [-0.2, 0) is 0 Å². The van der Waals surface area contributed by atoms with E-state index in [-0.39, 0.29) is 0 Å². The molecular formula is C13H16BrN3. The Morgan fingerprint density at radius 2 is 2.29 bits per heavy atom. The summed E-state index contributed by atoms with van der Waals surface area (Å²) in [4.78, 5) is 4.76. The van der Waals surface area contributed by atoms with Crippen molar-refractivity contribution in [3.8, 4) is 0 Å². The van der Waals surface area contributed by atoms with E-state index in [1.165, 1.54) is 18.4 Å². The number of fused-ring (bicyclic) bond motifs is 1. The summed E-state index contributed by atoms with van der Waals surface area (Å²) >= 11 is 3.50. The minimum atomic E-state index is 0.321. The Morgan fingerprint density at radius 1 is 1.53 bits per heavy atom. The van der Waals surface area contributed by atoms with Crippen molar-refractivity contribution in [2.75, 3.05) is 6.54 Å². The third kappa shape index (κ3) is 1.89. The van der Waals surface area contributed by atoms with E-state index in [1.807, 2.05) is 0 Å². The Bertz CT molecular complexity index is 557. The Labute approximate surface area is 109 Å². The fourth-order valence-electron chi connectivity index (χ4n) is 2.26. The van der Waals surface area contributed by atoms with E-state index in [9.17, 15) is 0 Å². The number of aromatic nitrogens is 2. The molecule has 0 radical (unpaired) electrons. The quantitative estimate of drug-likeness (QED) is 0.944. The van der Waals surface area contributed by atoms with Crippen LogP contribution < -0.4 is 5.73 Å². The number of rotatable bonds is 3. The van der Waals surface area contributed by atoms with Crippen LogP contribution in [0.4, 0.5) is 0 Å². The Kier molecular flexibility index (Phi) is 2.71. The van der Waals surface area contributed by atoms with Gasteiger partial charge in [0, 0.05) is 23.0 Å². The van der Waals surface area contributed by atoms with Crippen molar-refractivity contribution in [1.82, 2.24) is 9.55 Å². The molecule has 1 aliphatic carbocycles. The highest BCUT2D eigenvalue weighted by atomic mass is 79.9. The molecule has 17 heavy (non-hydrogen) atoms. The average Bonchev–Trinajstić information content (AvgIpc) is 3.09. The van der Waals surface area contributed by atoms with Crippen LogP contribution in [0.5, 0.6) is 0 Å². The number of halogens is 1. The second kappa shape index (κ2) is 4.10. The third-order valence-electron chi connectivity index (χ3n) is 3.39. The largest absolute Gasteiger partial charge is 0.330 e. The Morgan fingerprint density at radius 3 is 2.94 bits per heavy atom. The number of nitrogens with two attached hydrogens (primary N) is 1. The molecule has 1 atom stereocenters. The van der Waals surface area contributed by atoms with Gasteiger partial charge in [-0.2, -0.15) is 0 Å². The fraction of sp³-hybridized carbons (Fsp3) is 0.462. The first-order valence-corrected chi connectivity index (χ1v) is 6.87. The van der Waals surface area contributed by atoms with Gasteiger partial charge in [-0.15, -0.1) is 0 Å². The molecule has 1 aromatic heterocycles. The van der Waals surface area contributed by atoms with Crippen LogP contribution in [0.3, 0.4) is 0 Å². The van der Waals surface area contributed by atoms with Gasteiger partial charge in [-0.25, -0.2) is 4.98 Å². The number of hydrogen-bond donors (Lipinski definition) is 1. The van der Waals surface area contributed by atoms with Gasteiger partial charge in [-0.1, -0.05) is 22.9 Å². The maximum Gasteiger partial charge on any atom is 0.114 e. The maximum atomic E-state index is 5.78. The summed E-state index contributed by atoms with van der Waals surface area (Å²) in [6, 6.07) is 6.96. The molecule has 2 aromatic rings. The maximum absolute atomic E-state index is 5.78. The summed E-state index contributed by atoms with van der Waals surface area (Å²) < 4.78 is 3.47. The molecule has 3 nitrogen and oxygen atoms in total. The van der Waals surface area contributed by atoms with Gasteiger partial charge in [-0.05, 0) is 31.0 Å². The molecule has 0 amide bonds. The molecule has 3 rings (SSSR count). The fourth-order valence-corrected chi connectivity index (χ4v) is 2.61. The summed E-state index contributed by atoms with van der Waals surface area (Å²) in [6.07, 6.45) is 2.54. The van der Waals surface area contributed by atoms with Gasteiger partial charge in [0.25, 0.3) is 0 Å². The Balaban J connectivity index is 2.22. The lowest BCUT2D eigenvalue weighted by atomic mass is 10.1. The molecule has 90 valence electrons. The van der Waals surface area contributed by atoms with Crippen molar-refractivity contribution >= 4 is 27.0 Å². The smallest absolute Gasteiger partial charge is 0.114 e. The lowest BCUT2D eigenvalue weighted by molar-refractivity contribution is 0.629. The van der Waals surface area contributed by atoms with Crippen molar-refractivity contribution in [3.63, 3.8) is 0 Å². The van der Waals surface area contributed by atoms with Crippen LogP contribution in [0.15, 0.2) is 22.7 Å². The molecule has 1 aromatic carbocycles. The van der Waals surface area contributed by atoms with Crippen LogP contribution in [0.25, 0.3) is 11.0 Å². The third-order valence-corrected chi connectivity index (χ3v) is 3.88. The highest BCUT2D eigenvalue weighted by Gasteiger charge is 2.29. The summed E-state index contributed by atoms with van der Waals surface area (Å²) in [7, 11) is 0. The highest BCUT2D eigenvalue weighted by Crippen LogP contribution is 2.40. The monoisotopic (exact) mass is 293 g/mol. The Hall–Kier alpha value is -0.870. The molecule has 0 aliphatic heterocycles. The molecule has 0 saturated heterocycles. The van der Waals surface area contributed by atoms with Gasteiger partial charge in [-0.3, -0.25) is 0 Å². The SMILES string of the molecule is CC(CN)c1nc2cc(Br)ccc2n1C1CC1. The van der Waals surface area contributed by atoms with Crippen LogP contribution in [-0.4, -0.2) is 16.1 Å². The van der Waals surface area contributed by atoms with Gasteiger partial charge in [0.05, 0.1) is 11.0 Å². The van der Waals surface area contributed by atoms with Gasteiger partial charge in [0.15, 0.2) is 0 Å². The van der Waals surface area contributed by atoms with Crippen LogP contribution in [0.2, 0.25) is 0 Å². The summed E-state index contributed by atoms with van der Waals surface area (Å²) in [5, 5.41) is 0. The first-order chi connectivity index (χ1) is 8.20. The summed E-state index contributed by atoms with van der Waals surface area (Å²) in [5.74, 6) is 1.46. The molecule has 1 saturated carbocycles. The summed E-state index contributed by atoms with van der Waals surface area (Å²) in [6.45, 7) is 2.80. The number of hydrogen-bond acceptors (Lipinski definition) is 2. The van der Waals surface area contributed by atoms with E-state index < -0.39 is 0 Å². The number of nitrogens with zero attached hydrogens (tertiary/aromatic N) is 2. The normalized spacial score (nSPS) is 17.6. The topological polar surface area (TPSA) is 43.8 Å². The predicted octanol–water partition coefficient (Wildman–Crippen LogP) is 3.20. The standard InChI is InChI=1S/C13H16BrN3/c1-8(7-15)13-16-11-6-9(14)2-5-12(11)17(13)10-3-4-10/h2,5-6,8,10H,3-4,7,15H2,1H3. The highest BCUT2D eigenvalue weighted by molar-refractivity contribution is 9.10. The van der Waals surface area contributed by atoms with Crippen LogP contribution in [0.1, 0.15) is 37.5 Å². The van der Waals surface area contributed by atoms with Crippen LogP contribution in [0, 0.1) is 0 Å². The zero-order valence-corrected chi connectivity index (χ0v) is 11.4. The second-order valence-electron chi connectivity index (χ2n) is 4.84. The van der Waals surface area contributed by atoms with Crippen molar-refractivity contribution < 1.29 is 0 Å². The average molecular weight is 294 g/mol. The predicted molar refractivity (Wildman–Crippen MR) is 73.2 cm³/mol. The van der Waals surface area contributed by atoms with E-state index in [0.717, 1.165) is 15.8 Å². The van der Waals surface area contributed by atoms with E-state index in [2.05, 4.69) is 45.6 Å². The molecule has 1 unspecified atom stereocenters. The van der Waals surface area contributed by atoms with E-state index in [4.69, 9.17) is 10.7 Å². The molecule has 1 fully saturated rings. The van der Waals surface area contributed by atoms with Crippen molar-refractivity contribution in [1.29, 1.82) is 0 Å². The molecule has 4 heteroatoms. The van der Waals surface area contributed by atoms with Crippen LogP contribution >= 0.6 is 15.9 Å². The minimum absolute atomic E-state index is 0.321. The van der Waals surface area contributed by atoms with E-state index in [0.29, 0.717) is 18.5 Å². The van der Waals surface area contributed by atoms with Gasteiger partial charge in [0.2, 0.25) is 0 Å². The van der Waals surface area contributed by atoms with Gasteiger partial charge < -0.3 is 10.3 Å². The lowest BCUT2D eigenvalue weighted by Crippen LogP contribution is -2.14. The van der Waals surface area contributed by atoms with E-state index in [1.54, 1.807) is 0 Å². The first kappa shape index (κ1) is 11.2. The molecule has 1 heterocycles. The van der Waals surface area contributed by atoms with Crippen molar-refractivity contribution in [2.45, 2.75) is 31.7 Å². The van der Waals surface area contributed by atoms with Crippen molar-refractivity contribution in [3.05, 3.63) is 28.5 Å². The van der Waals surface area contributed by atoms with Crippen molar-refractivity contribution in [2.24, 2.45) is 5.73 Å². The number of benzene rings is 1. The van der Waals surface area contributed by atoms with Gasteiger partial charge >= 0.3 is 0 Å².